The number of carbonyl (C=O) groups is 1. The number of alkyl halides is 3. The number of benzene rings is 3. The SMILES string of the molecule is Cc1cc(C(F)(F)F)cc(-c2cnc(C3CCC3)nc2)c1C(=N)OC(=N)NC1N=C(c2ccccc2)c2ccccc2NC1=O. The van der Waals surface area contributed by atoms with Crippen molar-refractivity contribution in [2.75, 3.05) is 5.32 Å². The van der Waals surface area contributed by atoms with Crippen molar-refractivity contribution in [2.45, 2.75) is 44.4 Å². The molecule has 0 bridgehead atoms. The molecule has 2 heterocycles. The number of amides is 1. The van der Waals surface area contributed by atoms with Crippen molar-refractivity contribution in [3.8, 4) is 11.1 Å². The number of halogens is 3. The third-order valence-electron chi connectivity index (χ3n) is 7.81. The maximum absolute atomic E-state index is 13.8. The zero-order valence-electron chi connectivity index (χ0n) is 24.1. The van der Waals surface area contributed by atoms with Crippen molar-refractivity contribution < 1.29 is 22.7 Å². The Morgan fingerprint density at radius 1 is 0.956 bits per heavy atom. The van der Waals surface area contributed by atoms with Gasteiger partial charge in [-0.05, 0) is 49.1 Å². The van der Waals surface area contributed by atoms with Gasteiger partial charge in [0.15, 0.2) is 0 Å². The number of aryl methyl sites for hydroxylation is 1. The summed E-state index contributed by atoms with van der Waals surface area (Å²) < 4.78 is 46.9. The van der Waals surface area contributed by atoms with Gasteiger partial charge in [0.05, 0.1) is 17.0 Å². The van der Waals surface area contributed by atoms with Gasteiger partial charge in [-0.25, -0.2) is 15.0 Å². The van der Waals surface area contributed by atoms with E-state index in [1.807, 2.05) is 42.5 Å². The molecule has 228 valence electrons. The second-order valence-electron chi connectivity index (χ2n) is 10.9. The Labute approximate surface area is 256 Å². The van der Waals surface area contributed by atoms with Gasteiger partial charge in [-0.15, -0.1) is 0 Å². The third-order valence-corrected chi connectivity index (χ3v) is 7.81. The molecule has 1 atom stereocenters. The number of ether oxygens (including phenoxy) is 1. The highest BCUT2D eigenvalue weighted by Crippen LogP contribution is 2.37. The maximum atomic E-state index is 13.8. The van der Waals surface area contributed by atoms with Gasteiger partial charge in [0.2, 0.25) is 12.1 Å². The predicted molar refractivity (Wildman–Crippen MR) is 164 cm³/mol. The Bertz CT molecular complexity index is 1820. The molecule has 3 aromatic carbocycles. The number of hydrogen-bond acceptors (Lipinski definition) is 7. The highest BCUT2D eigenvalue weighted by Gasteiger charge is 2.33. The van der Waals surface area contributed by atoms with E-state index in [0.717, 1.165) is 37.0 Å². The first kappa shape index (κ1) is 29.7. The monoisotopic (exact) mass is 611 g/mol. The fraction of sp³-hybridized carbons (Fsp3) is 0.212. The first-order chi connectivity index (χ1) is 21.6. The molecule has 1 fully saturated rings. The van der Waals surface area contributed by atoms with Gasteiger partial charge in [0, 0.05) is 40.6 Å². The summed E-state index contributed by atoms with van der Waals surface area (Å²) in [5.74, 6) is -0.300. The van der Waals surface area contributed by atoms with Crippen LogP contribution >= 0.6 is 0 Å². The van der Waals surface area contributed by atoms with E-state index >= 15 is 0 Å². The number of benzodiazepines with no additional fused rings is 1. The molecule has 1 saturated carbocycles. The van der Waals surface area contributed by atoms with Crippen molar-refractivity contribution in [3.05, 3.63) is 113 Å². The molecule has 1 unspecified atom stereocenters. The standard InChI is InChI=1S/C33H28F3N7O2/c1-18-14-22(33(34,35)36)15-24(21-16-39-29(40-17-21)20-10-7-11-20)26(18)28(37)45-32(38)43-30-31(44)41-25-13-6-5-12-23(25)27(42-30)19-8-3-2-4-9-19/h2-6,8-9,12-17,20,30,37H,7,10-11H2,1H3,(H2,38,43)(H,41,44). The second-order valence-corrected chi connectivity index (χ2v) is 10.9. The summed E-state index contributed by atoms with van der Waals surface area (Å²) in [6.45, 7) is 1.43. The lowest BCUT2D eigenvalue weighted by molar-refractivity contribution is -0.137. The van der Waals surface area contributed by atoms with E-state index in [9.17, 15) is 18.0 Å². The number of rotatable bonds is 5. The van der Waals surface area contributed by atoms with E-state index in [-0.39, 0.29) is 28.2 Å². The van der Waals surface area contributed by atoms with Crippen molar-refractivity contribution in [1.82, 2.24) is 15.3 Å². The number of anilines is 1. The molecule has 6 rings (SSSR count). The van der Waals surface area contributed by atoms with E-state index in [1.165, 1.54) is 19.3 Å². The molecule has 45 heavy (non-hydrogen) atoms. The normalized spacial score (nSPS) is 16.4. The maximum Gasteiger partial charge on any atom is 0.416 e. The van der Waals surface area contributed by atoms with Crippen LogP contribution < -0.4 is 10.6 Å². The van der Waals surface area contributed by atoms with E-state index in [1.54, 1.807) is 12.1 Å². The van der Waals surface area contributed by atoms with Crippen molar-refractivity contribution in [2.24, 2.45) is 4.99 Å². The Morgan fingerprint density at radius 2 is 1.64 bits per heavy atom. The van der Waals surface area contributed by atoms with E-state index < -0.39 is 35.7 Å². The summed E-state index contributed by atoms with van der Waals surface area (Å²) in [4.78, 5) is 26.5. The average molecular weight is 612 g/mol. The van der Waals surface area contributed by atoms with Gasteiger partial charge in [-0.2, -0.15) is 13.2 Å². The smallest absolute Gasteiger partial charge is 0.407 e. The van der Waals surface area contributed by atoms with Crippen LogP contribution in [0, 0.1) is 17.7 Å². The first-order valence-corrected chi connectivity index (χ1v) is 14.3. The van der Waals surface area contributed by atoms with Crippen molar-refractivity contribution in [3.63, 3.8) is 0 Å². The van der Waals surface area contributed by atoms with Gasteiger partial charge in [0.1, 0.15) is 5.82 Å². The van der Waals surface area contributed by atoms with Crippen LogP contribution in [0.15, 0.2) is 84.1 Å². The van der Waals surface area contributed by atoms with Crippen molar-refractivity contribution >= 4 is 29.2 Å². The second kappa shape index (κ2) is 11.9. The van der Waals surface area contributed by atoms with E-state index in [4.69, 9.17) is 15.6 Å². The number of amidine groups is 1. The minimum Gasteiger partial charge on any atom is -0.407 e. The van der Waals surface area contributed by atoms with E-state index in [2.05, 4.69) is 25.6 Å². The molecule has 1 aliphatic heterocycles. The van der Waals surface area contributed by atoms with Gasteiger partial charge in [0.25, 0.3) is 11.9 Å². The molecule has 0 saturated heterocycles. The number of nitrogens with one attached hydrogen (secondary N) is 4. The number of carbonyl (C=O) groups excluding carboxylic acids is 1. The summed E-state index contributed by atoms with van der Waals surface area (Å²) >= 11 is 0. The van der Waals surface area contributed by atoms with E-state index in [0.29, 0.717) is 22.8 Å². The molecule has 4 N–H and O–H groups in total. The van der Waals surface area contributed by atoms with Crippen LogP contribution in [-0.4, -0.2) is 39.7 Å². The van der Waals surface area contributed by atoms with Crippen molar-refractivity contribution in [1.29, 1.82) is 10.8 Å². The number of nitrogens with zero attached hydrogens (tertiary/aromatic N) is 3. The van der Waals surface area contributed by atoms with Gasteiger partial charge in [-0.3, -0.25) is 15.6 Å². The highest BCUT2D eigenvalue weighted by molar-refractivity contribution is 6.20. The Morgan fingerprint density at radius 3 is 2.31 bits per heavy atom. The Hall–Kier alpha value is -5.39. The number of hydrogen-bond donors (Lipinski definition) is 4. The third kappa shape index (κ3) is 6.17. The first-order valence-electron chi connectivity index (χ1n) is 14.3. The van der Waals surface area contributed by atoms with Crippen LogP contribution in [0.25, 0.3) is 11.1 Å². The van der Waals surface area contributed by atoms with Crippen LogP contribution in [0.5, 0.6) is 0 Å². The zero-order chi connectivity index (χ0) is 31.7. The fourth-order valence-corrected chi connectivity index (χ4v) is 5.32. The summed E-state index contributed by atoms with van der Waals surface area (Å²) in [7, 11) is 0. The van der Waals surface area contributed by atoms with Crippen LogP contribution in [0.4, 0.5) is 18.9 Å². The fourth-order valence-electron chi connectivity index (χ4n) is 5.32. The molecule has 9 nitrogen and oxygen atoms in total. The number of fused-ring (bicyclic) bond motifs is 1. The molecule has 1 amide bonds. The van der Waals surface area contributed by atoms with Crippen LogP contribution in [0.2, 0.25) is 0 Å². The zero-order valence-corrected chi connectivity index (χ0v) is 24.1. The predicted octanol–water partition coefficient (Wildman–Crippen LogP) is 6.42. The summed E-state index contributed by atoms with van der Waals surface area (Å²) in [5.41, 5.74) is 1.98. The molecule has 4 aromatic rings. The minimum absolute atomic E-state index is 0.0285. The van der Waals surface area contributed by atoms with Crippen LogP contribution in [0.1, 0.15) is 58.8 Å². The molecule has 1 aliphatic carbocycles. The molecule has 0 spiro atoms. The largest absolute Gasteiger partial charge is 0.416 e. The van der Waals surface area contributed by atoms with Crippen LogP contribution in [0.3, 0.4) is 0 Å². The average Bonchev–Trinajstić information content (AvgIpc) is 3.12. The lowest BCUT2D eigenvalue weighted by Crippen LogP contribution is -2.43. The number of aromatic nitrogens is 2. The molecule has 2 aliphatic rings. The molecular formula is C33H28F3N7O2. The summed E-state index contributed by atoms with van der Waals surface area (Å²) in [6.07, 6.45) is -0.0528. The topological polar surface area (TPSA) is 136 Å². The minimum atomic E-state index is -4.64. The Kier molecular flexibility index (Phi) is 7.88. The lowest BCUT2D eigenvalue weighted by atomic mass is 9.85. The molecule has 0 radical (unpaired) electrons. The van der Waals surface area contributed by atoms with Crippen LogP contribution in [-0.2, 0) is 15.7 Å². The quantitative estimate of drug-likeness (QED) is 0.153. The summed E-state index contributed by atoms with van der Waals surface area (Å²) in [5, 5.41) is 22.6. The summed E-state index contributed by atoms with van der Waals surface area (Å²) in [6, 6.07) is 17.5. The van der Waals surface area contributed by atoms with Gasteiger partial charge < -0.3 is 15.4 Å². The number of aliphatic imine (C=N–C) groups is 1. The molecule has 1 aromatic heterocycles. The molecular weight excluding hydrogens is 583 g/mol. The van der Waals surface area contributed by atoms with Gasteiger partial charge in [-0.1, -0.05) is 55.0 Å². The highest BCUT2D eigenvalue weighted by atomic mass is 19.4. The Balaban J connectivity index is 1.29. The number of para-hydroxylation sites is 1. The lowest BCUT2D eigenvalue weighted by Gasteiger charge is -2.23. The van der Waals surface area contributed by atoms with Gasteiger partial charge >= 0.3 is 6.18 Å². The molecule has 12 heteroatoms.